The van der Waals surface area contributed by atoms with Crippen molar-refractivity contribution in [3.05, 3.63) is 84.4 Å². The molecule has 6 aliphatic rings. The summed E-state index contributed by atoms with van der Waals surface area (Å²) in [6, 6.07) is 21.4. The molecule has 1 aromatic heterocycles. The van der Waals surface area contributed by atoms with Crippen LogP contribution >= 0.6 is 0 Å². The molecule has 262 valence electrons. The van der Waals surface area contributed by atoms with Crippen LogP contribution in [0.2, 0.25) is 0 Å². The quantitative estimate of drug-likeness (QED) is 0.129. The van der Waals surface area contributed by atoms with Crippen molar-refractivity contribution >= 4 is 34.2 Å². The number of nitrogens with one attached hydrogen (secondary N) is 3. The van der Waals surface area contributed by atoms with Crippen LogP contribution in [0.25, 0.3) is 38.9 Å². The van der Waals surface area contributed by atoms with Gasteiger partial charge in [-0.1, -0.05) is 38.1 Å². The van der Waals surface area contributed by atoms with Gasteiger partial charge < -0.3 is 19.9 Å². The van der Waals surface area contributed by atoms with Gasteiger partial charge in [-0.15, -0.1) is 0 Å². The minimum Gasteiger partial charge on any atom is -0.340 e. The Hall–Kier alpha value is -4.23. The standard InChI is InChI=1S/C40H41IN7O3/c1-20-21(2)40(20,47-38(50)51-3)37(49)48-32-14-28(32)15-33(48)36-44-19-31(45-36)23-6-4-22(5-7-23)24-8-9-26-13-27(11-10-25(26)12-24)30(42)18-43-34-17-39(34)16-29-35(41-29)46-39/h4-13,18-21,28-29,32-33,35,46H,14-17,42H2,1-3H3,(H,44,45)(H,47,50)/q-1/b30-18-,43-34?/t20-,21?,28-,29-,32-,33+,35+,39?,40?/m1/s1. The van der Waals surface area contributed by atoms with Gasteiger partial charge in [0, 0.05) is 6.04 Å². The molecule has 2 amide bonds. The molecule has 4 heterocycles. The van der Waals surface area contributed by atoms with Crippen molar-refractivity contribution in [2.45, 2.75) is 70.7 Å². The molecule has 0 bridgehead atoms. The van der Waals surface area contributed by atoms with E-state index >= 15 is 0 Å². The first-order valence-corrected chi connectivity index (χ1v) is 20.5. The predicted octanol–water partition coefficient (Wildman–Crippen LogP) is 2.57. The Balaban J connectivity index is 0.836. The van der Waals surface area contributed by atoms with Crippen molar-refractivity contribution in [3.8, 4) is 22.4 Å². The molecule has 9 atom stereocenters. The van der Waals surface area contributed by atoms with Crippen molar-refractivity contribution in [1.82, 2.24) is 25.5 Å². The number of alkyl carbamates (subject to hydrolysis) is 1. The van der Waals surface area contributed by atoms with Gasteiger partial charge in [-0.05, 0) is 47.3 Å². The summed E-state index contributed by atoms with van der Waals surface area (Å²) in [5, 5.41) is 8.99. The number of likely N-dealkylation sites (tertiary alicyclic amines) is 1. The fraction of sp³-hybridized carbons (Fsp3) is 0.400. The summed E-state index contributed by atoms with van der Waals surface area (Å²) in [5.41, 5.74) is 12.9. The van der Waals surface area contributed by atoms with E-state index in [4.69, 9.17) is 20.4 Å². The van der Waals surface area contributed by atoms with Crippen LogP contribution < -0.4 is 37.6 Å². The number of benzene rings is 3. The summed E-state index contributed by atoms with van der Waals surface area (Å²) < 4.78 is 6.69. The van der Waals surface area contributed by atoms with Crippen LogP contribution in [0.4, 0.5) is 4.79 Å². The molecule has 10 rings (SSSR count). The Morgan fingerprint density at radius 2 is 1.78 bits per heavy atom. The summed E-state index contributed by atoms with van der Waals surface area (Å²) in [7, 11) is 1.33. The molecule has 1 spiro atoms. The second-order valence-corrected chi connectivity index (χ2v) is 19.1. The molecule has 3 aliphatic carbocycles. The summed E-state index contributed by atoms with van der Waals surface area (Å²) in [4.78, 5) is 41.4. The number of aliphatic imine (C=N–C) groups is 1. The van der Waals surface area contributed by atoms with E-state index in [1.54, 1.807) is 0 Å². The zero-order chi connectivity index (χ0) is 34.8. The van der Waals surface area contributed by atoms with Crippen LogP contribution in [0, 0.1) is 17.8 Å². The van der Waals surface area contributed by atoms with E-state index in [1.165, 1.54) is 19.2 Å². The van der Waals surface area contributed by atoms with Gasteiger partial charge in [0.1, 0.15) is 11.4 Å². The van der Waals surface area contributed by atoms with Gasteiger partial charge in [-0.2, -0.15) is 0 Å². The van der Waals surface area contributed by atoms with E-state index < -0.39 is 11.6 Å². The van der Waals surface area contributed by atoms with E-state index in [0.717, 1.165) is 71.8 Å². The van der Waals surface area contributed by atoms with Crippen LogP contribution in [0.1, 0.15) is 57.0 Å². The number of nitrogens with two attached hydrogens (primary N) is 1. The minimum absolute atomic E-state index is 0.0217. The van der Waals surface area contributed by atoms with Gasteiger partial charge in [0.05, 0.1) is 25.0 Å². The average molecular weight is 795 g/mol. The second kappa shape index (κ2) is 11.1. The van der Waals surface area contributed by atoms with E-state index in [1.807, 2.05) is 31.1 Å². The van der Waals surface area contributed by atoms with Crippen molar-refractivity contribution in [2.75, 3.05) is 7.11 Å². The molecule has 4 aromatic rings. The number of hydrogen-bond donors (Lipinski definition) is 4. The van der Waals surface area contributed by atoms with Gasteiger partial charge in [-0.25, -0.2) is 9.78 Å². The molecule has 3 saturated heterocycles. The van der Waals surface area contributed by atoms with Crippen molar-refractivity contribution in [1.29, 1.82) is 0 Å². The molecular weight excluding hydrogens is 753 g/mol. The first-order chi connectivity index (χ1) is 24.7. The number of rotatable bonds is 7. The van der Waals surface area contributed by atoms with Crippen LogP contribution in [-0.4, -0.2) is 64.8 Å². The minimum atomic E-state index is -0.924. The number of carbonyl (C=O) groups excluding carboxylic acids is 2. The van der Waals surface area contributed by atoms with Crippen molar-refractivity contribution in [2.24, 2.45) is 28.5 Å². The number of H-pyrrole nitrogens is 1. The molecule has 6 fully saturated rings. The molecule has 11 heteroatoms. The number of aromatic amines is 1. The molecule has 3 aromatic carbocycles. The first-order valence-electron chi connectivity index (χ1n) is 18.0. The van der Waals surface area contributed by atoms with Gasteiger partial charge in [0.25, 0.3) is 0 Å². The second-order valence-electron chi connectivity index (χ2n) is 15.4. The number of amides is 2. The van der Waals surface area contributed by atoms with Gasteiger partial charge in [-0.3, -0.25) is 4.79 Å². The Labute approximate surface area is 307 Å². The predicted molar refractivity (Wildman–Crippen MR) is 192 cm³/mol. The monoisotopic (exact) mass is 794 g/mol. The maximum atomic E-state index is 14.1. The summed E-state index contributed by atoms with van der Waals surface area (Å²) >= 11 is 0.412. The molecule has 3 saturated carbocycles. The number of ether oxygens (including phenoxy) is 1. The van der Waals surface area contributed by atoms with Gasteiger partial charge in [0.2, 0.25) is 5.91 Å². The van der Waals surface area contributed by atoms with Crippen molar-refractivity contribution < 1.29 is 35.5 Å². The molecular formula is C40H41IN7O3-. The number of fused-ring (bicyclic) bond motifs is 3. The zero-order valence-corrected chi connectivity index (χ0v) is 31.0. The van der Waals surface area contributed by atoms with Crippen LogP contribution in [0.3, 0.4) is 0 Å². The van der Waals surface area contributed by atoms with Crippen LogP contribution in [0.15, 0.2) is 78.1 Å². The Morgan fingerprint density at radius 3 is 2.53 bits per heavy atom. The third-order valence-corrected chi connectivity index (χ3v) is 15.8. The molecule has 10 nitrogen and oxygen atoms in total. The zero-order valence-electron chi connectivity index (χ0n) is 28.8. The van der Waals surface area contributed by atoms with Crippen molar-refractivity contribution in [3.63, 3.8) is 0 Å². The molecule has 5 N–H and O–H groups in total. The first kappa shape index (κ1) is 31.5. The van der Waals surface area contributed by atoms with E-state index in [0.29, 0.717) is 32.8 Å². The summed E-state index contributed by atoms with van der Waals surface area (Å²) in [6.07, 6.45) is 7.36. The van der Waals surface area contributed by atoms with E-state index in [-0.39, 0.29) is 35.4 Å². The molecule has 3 aliphatic heterocycles. The number of imidazole rings is 1. The third kappa shape index (κ3) is 5.05. The molecule has 3 unspecified atom stereocenters. The number of methoxy groups -OCH3 is 1. The number of alkyl halides is 2. The fourth-order valence-corrected chi connectivity index (χ4v) is 12.0. The van der Waals surface area contributed by atoms with E-state index in [9.17, 15) is 9.59 Å². The summed E-state index contributed by atoms with van der Waals surface area (Å²) in [5.74, 6) is 1.32. The number of piperidine rings is 1. The number of halogens is 1. The number of carbonyl (C=O) groups is 2. The van der Waals surface area contributed by atoms with Crippen LogP contribution in [0.5, 0.6) is 0 Å². The van der Waals surface area contributed by atoms with Gasteiger partial charge in [0.15, 0.2) is 0 Å². The smallest absolute Gasteiger partial charge is 0.340 e. The van der Waals surface area contributed by atoms with Crippen LogP contribution in [-0.2, 0) is 9.53 Å². The Kier molecular flexibility index (Phi) is 6.88. The number of nitrogens with zero attached hydrogens (tertiary/aromatic N) is 3. The fourth-order valence-electron chi connectivity index (χ4n) is 8.99. The number of aromatic nitrogens is 2. The topological polar surface area (TPSA) is 138 Å². The Morgan fingerprint density at radius 1 is 1.04 bits per heavy atom. The Bertz CT molecular complexity index is 2170. The normalized spacial score (nSPS) is 35.0. The summed E-state index contributed by atoms with van der Waals surface area (Å²) in [6.45, 7) is 4.03. The number of hydrogen-bond acceptors (Lipinski definition) is 7. The third-order valence-electron chi connectivity index (χ3n) is 12.6. The van der Waals surface area contributed by atoms with Gasteiger partial charge >= 0.3 is 140 Å². The van der Waals surface area contributed by atoms with E-state index in [2.05, 4.69) is 76.3 Å². The average Bonchev–Trinajstić information content (AvgIpc) is 4.12. The molecule has 51 heavy (non-hydrogen) atoms. The maximum absolute atomic E-state index is 14.1. The molecule has 0 radical (unpaired) electrons. The SMILES string of the molecule is COC(=O)NC1(C(=O)N2[C@@H]3C[C@@H]3C[C@H]2c2ncc(-c3ccc(-c4ccc5cc(/C(N)=C/N=C6CC67C[C@H]6[I-][C@H]6N7)ccc5c4)cc3)[nH]2)C(C)[C@H]1C.